The molecule has 1 amide bonds. The Kier molecular flexibility index (Phi) is 10.1. The Morgan fingerprint density at radius 3 is 2.14 bits per heavy atom. The van der Waals surface area contributed by atoms with Gasteiger partial charge in [-0.25, -0.2) is 0 Å². The minimum atomic E-state index is 0.0562. The molecule has 0 radical (unpaired) electrons. The second-order valence-electron chi connectivity index (χ2n) is 6.80. The van der Waals surface area contributed by atoms with Crippen LogP contribution in [0.2, 0.25) is 0 Å². The highest BCUT2D eigenvalue weighted by Gasteiger charge is 2.24. The predicted molar refractivity (Wildman–Crippen MR) is 124 cm³/mol. The molecule has 0 aliphatic carbocycles. The third-order valence-corrected chi connectivity index (χ3v) is 3.91. The average molecular weight is 390 g/mol. The largest absolute Gasteiger partial charge is 0.303 e. The van der Waals surface area contributed by atoms with Crippen molar-refractivity contribution in [3.8, 4) is 0 Å². The lowest BCUT2D eigenvalue weighted by Crippen LogP contribution is -2.35. The van der Waals surface area contributed by atoms with Crippen molar-refractivity contribution < 1.29 is 9.59 Å². The van der Waals surface area contributed by atoms with Gasteiger partial charge in [-0.05, 0) is 69.5 Å². The maximum Gasteiger partial charge on any atom is 0.258 e. The monoisotopic (exact) mass is 389 g/mol. The lowest BCUT2D eigenvalue weighted by molar-refractivity contribution is -0.115. The van der Waals surface area contributed by atoms with E-state index in [4.69, 9.17) is 0 Å². The fourth-order valence-electron chi connectivity index (χ4n) is 2.82. The fourth-order valence-corrected chi connectivity index (χ4v) is 2.82. The molecule has 1 aliphatic heterocycles. The first-order chi connectivity index (χ1) is 13.8. The fraction of sp³-hybridized carbons (Fsp3) is 0.231. The number of aryl methyl sites for hydroxylation is 1. The van der Waals surface area contributed by atoms with E-state index in [1.54, 1.807) is 6.08 Å². The lowest BCUT2D eigenvalue weighted by atomic mass is 10.00. The van der Waals surface area contributed by atoms with Crippen LogP contribution >= 0.6 is 0 Å². The van der Waals surface area contributed by atoms with E-state index in [-0.39, 0.29) is 11.7 Å². The van der Waals surface area contributed by atoms with Gasteiger partial charge >= 0.3 is 0 Å². The maximum absolute atomic E-state index is 13.0. The summed E-state index contributed by atoms with van der Waals surface area (Å²) in [6.07, 6.45) is 7.97. The summed E-state index contributed by atoms with van der Waals surface area (Å²) in [5, 5.41) is 0. The Balaban J connectivity index is 0.000000526. The van der Waals surface area contributed by atoms with E-state index < -0.39 is 0 Å². The van der Waals surface area contributed by atoms with E-state index in [2.05, 4.69) is 24.8 Å². The van der Waals surface area contributed by atoms with Crippen LogP contribution < -0.4 is 4.90 Å². The van der Waals surface area contributed by atoms with Gasteiger partial charge in [-0.3, -0.25) is 4.79 Å². The number of carbonyl (C=O) groups excluding carboxylic acids is 2. The molecule has 152 valence electrons. The second-order valence-corrected chi connectivity index (χ2v) is 6.80. The normalized spacial score (nSPS) is 11.9. The number of ketones is 1. The summed E-state index contributed by atoms with van der Waals surface area (Å²) in [6.45, 7) is 12.9. The number of anilines is 1. The van der Waals surface area contributed by atoms with Crippen LogP contribution in [0.15, 0.2) is 78.9 Å². The number of rotatable bonds is 2. The van der Waals surface area contributed by atoms with E-state index in [0.29, 0.717) is 6.54 Å². The van der Waals surface area contributed by atoms with Gasteiger partial charge in [0, 0.05) is 5.56 Å². The molecule has 0 saturated heterocycles. The number of fused-ring (bicyclic) bond motifs is 1. The molecule has 0 atom stereocenters. The lowest BCUT2D eigenvalue weighted by Gasteiger charge is -2.29. The number of allylic oxidation sites excluding steroid dienone is 2. The van der Waals surface area contributed by atoms with Crippen LogP contribution in [0.5, 0.6) is 0 Å². The van der Waals surface area contributed by atoms with E-state index in [9.17, 15) is 9.59 Å². The molecule has 0 bridgehead atoms. The van der Waals surface area contributed by atoms with Crippen molar-refractivity contribution in [1.29, 1.82) is 0 Å². The summed E-state index contributed by atoms with van der Waals surface area (Å²) in [5.74, 6) is 0.223. The first-order valence-corrected chi connectivity index (χ1v) is 9.69. The highest BCUT2D eigenvalue weighted by atomic mass is 16.2. The zero-order valence-electron chi connectivity index (χ0n) is 18.1. The van der Waals surface area contributed by atoms with Crippen molar-refractivity contribution in [2.24, 2.45) is 0 Å². The number of benzene rings is 2. The van der Waals surface area contributed by atoms with Crippen LogP contribution in [0.3, 0.4) is 0 Å². The number of hydrogen-bond acceptors (Lipinski definition) is 2. The van der Waals surface area contributed by atoms with Crippen molar-refractivity contribution in [1.82, 2.24) is 0 Å². The molecule has 3 heteroatoms. The third kappa shape index (κ3) is 7.38. The SMILES string of the molecule is C/C=C/C1=Cc2ccccc2N(C(=O)c2ccccc2C)C1.C=CC.CC(C)=O. The molecule has 0 fully saturated rings. The summed E-state index contributed by atoms with van der Waals surface area (Å²) in [6, 6.07) is 15.8. The van der Waals surface area contributed by atoms with Crippen LogP contribution in [0.25, 0.3) is 6.08 Å². The van der Waals surface area contributed by atoms with Crippen LogP contribution in [0, 0.1) is 6.92 Å². The molecular formula is C26H31NO2. The minimum absolute atomic E-state index is 0.0562. The molecule has 0 N–H and O–H groups in total. The van der Waals surface area contributed by atoms with Crippen LogP contribution in [-0.4, -0.2) is 18.2 Å². The molecule has 1 aliphatic rings. The van der Waals surface area contributed by atoms with Crippen molar-refractivity contribution in [2.75, 3.05) is 11.4 Å². The van der Waals surface area contributed by atoms with Crippen molar-refractivity contribution in [3.63, 3.8) is 0 Å². The summed E-state index contributed by atoms with van der Waals surface area (Å²) in [7, 11) is 0. The van der Waals surface area contributed by atoms with Gasteiger partial charge < -0.3 is 9.69 Å². The highest BCUT2D eigenvalue weighted by Crippen LogP contribution is 2.30. The number of Topliss-reactive ketones (excluding diaryl/α,β-unsaturated/α-hetero) is 1. The topological polar surface area (TPSA) is 37.4 Å². The maximum atomic E-state index is 13.0. The van der Waals surface area contributed by atoms with Gasteiger partial charge in [0.15, 0.2) is 0 Å². The van der Waals surface area contributed by atoms with E-state index in [1.165, 1.54) is 13.8 Å². The van der Waals surface area contributed by atoms with Gasteiger partial charge in [0.05, 0.1) is 12.2 Å². The molecule has 2 aromatic carbocycles. The molecule has 0 saturated carbocycles. The Morgan fingerprint density at radius 2 is 1.55 bits per heavy atom. The highest BCUT2D eigenvalue weighted by molar-refractivity contribution is 6.09. The van der Waals surface area contributed by atoms with E-state index in [0.717, 1.165) is 28.0 Å². The molecular weight excluding hydrogens is 358 g/mol. The minimum Gasteiger partial charge on any atom is -0.303 e. The smallest absolute Gasteiger partial charge is 0.258 e. The quantitative estimate of drug-likeness (QED) is 0.557. The van der Waals surface area contributed by atoms with Crippen molar-refractivity contribution in [2.45, 2.75) is 34.6 Å². The first-order valence-electron chi connectivity index (χ1n) is 9.69. The molecule has 1 heterocycles. The number of hydrogen-bond donors (Lipinski definition) is 0. The number of para-hydroxylation sites is 1. The molecule has 29 heavy (non-hydrogen) atoms. The summed E-state index contributed by atoms with van der Waals surface area (Å²) < 4.78 is 0. The standard InChI is InChI=1S/C20H19NO.C3H6O.C3H6/c1-3-8-16-13-17-10-5-7-12-19(17)21(14-16)20(22)18-11-6-4-9-15(18)2;1-3(2)4;1-3-2/h3-13H,14H2,1-2H3;1-2H3;3H,1H2,2H3/b8-3+;;. The Morgan fingerprint density at radius 1 is 1.00 bits per heavy atom. The molecule has 2 aromatic rings. The van der Waals surface area contributed by atoms with Crippen molar-refractivity contribution >= 4 is 23.5 Å². The van der Waals surface area contributed by atoms with Gasteiger partial charge in [0.25, 0.3) is 5.91 Å². The Bertz CT molecular complexity index is 902. The molecule has 0 unspecified atom stereocenters. The summed E-state index contributed by atoms with van der Waals surface area (Å²) >= 11 is 0. The number of amides is 1. The van der Waals surface area contributed by atoms with Crippen molar-refractivity contribution in [3.05, 3.63) is 95.6 Å². The molecule has 3 rings (SSSR count). The first kappa shape index (κ1) is 23.8. The Hall–Kier alpha value is -3.20. The van der Waals surface area contributed by atoms with Gasteiger partial charge in [0.1, 0.15) is 5.78 Å². The summed E-state index contributed by atoms with van der Waals surface area (Å²) in [5.41, 5.74) is 4.97. The molecule has 0 spiro atoms. The van der Waals surface area contributed by atoms with Gasteiger partial charge in [-0.1, -0.05) is 54.6 Å². The average Bonchev–Trinajstić information content (AvgIpc) is 2.68. The number of carbonyl (C=O) groups is 2. The van der Waals surface area contributed by atoms with Gasteiger partial charge in [-0.15, -0.1) is 6.58 Å². The number of nitrogens with zero attached hydrogens (tertiary/aromatic N) is 1. The van der Waals surface area contributed by atoms with Crippen LogP contribution in [-0.2, 0) is 4.79 Å². The zero-order chi connectivity index (χ0) is 21.8. The van der Waals surface area contributed by atoms with Gasteiger partial charge in [0.2, 0.25) is 0 Å². The Labute approximate surface area is 175 Å². The molecule has 0 aromatic heterocycles. The van der Waals surface area contributed by atoms with Gasteiger partial charge in [-0.2, -0.15) is 0 Å². The zero-order valence-corrected chi connectivity index (χ0v) is 18.1. The second kappa shape index (κ2) is 12.3. The predicted octanol–water partition coefficient (Wildman–Crippen LogP) is 6.40. The third-order valence-electron chi connectivity index (χ3n) is 3.91. The molecule has 3 nitrogen and oxygen atoms in total. The van der Waals surface area contributed by atoms with Crippen LogP contribution in [0.1, 0.15) is 49.2 Å². The summed E-state index contributed by atoms with van der Waals surface area (Å²) in [4.78, 5) is 24.3. The van der Waals surface area contributed by atoms with E-state index >= 15 is 0 Å². The van der Waals surface area contributed by atoms with Crippen LogP contribution in [0.4, 0.5) is 5.69 Å². The van der Waals surface area contributed by atoms with E-state index in [1.807, 2.05) is 74.2 Å².